The Labute approximate surface area is 132 Å². The topological polar surface area (TPSA) is 41.6 Å². The number of amides is 1. The number of nitrogens with zero attached hydrogens (tertiary/aromatic N) is 1. The average molecular weight is 302 g/mol. The van der Waals surface area contributed by atoms with Crippen LogP contribution in [0.1, 0.15) is 26.3 Å². The van der Waals surface area contributed by atoms with Crippen molar-refractivity contribution in [3.05, 3.63) is 35.9 Å². The number of carbonyl (C=O) groups is 1. The van der Waals surface area contributed by atoms with Gasteiger partial charge in [-0.25, -0.2) is 4.79 Å². The van der Waals surface area contributed by atoms with E-state index in [0.29, 0.717) is 17.9 Å². The highest BCUT2D eigenvalue weighted by molar-refractivity contribution is 5.68. The molecule has 1 aromatic rings. The first-order chi connectivity index (χ1) is 10.4. The molecule has 22 heavy (non-hydrogen) atoms. The summed E-state index contributed by atoms with van der Waals surface area (Å²) in [7, 11) is 0. The molecule has 2 fully saturated rings. The highest BCUT2D eigenvalue weighted by atomic mass is 16.6. The number of carbonyl (C=O) groups excluding carboxylic acids is 1. The number of piperidine rings is 1. The third-order valence-corrected chi connectivity index (χ3v) is 4.51. The molecule has 2 atom stereocenters. The summed E-state index contributed by atoms with van der Waals surface area (Å²) in [6.07, 6.45) is 0.826. The number of benzene rings is 1. The summed E-state index contributed by atoms with van der Waals surface area (Å²) >= 11 is 0. The highest BCUT2D eigenvalue weighted by Gasteiger charge is 2.56. The molecule has 4 heteroatoms. The first kappa shape index (κ1) is 15.3. The second kappa shape index (κ2) is 5.92. The van der Waals surface area contributed by atoms with Crippen LogP contribution in [0.2, 0.25) is 0 Å². The molecule has 120 valence electrons. The Morgan fingerprint density at radius 2 is 1.86 bits per heavy atom. The van der Waals surface area contributed by atoms with Crippen molar-refractivity contribution in [2.75, 3.05) is 19.6 Å². The van der Waals surface area contributed by atoms with E-state index in [1.54, 1.807) is 0 Å². The van der Waals surface area contributed by atoms with E-state index < -0.39 is 5.60 Å². The molecule has 2 aliphatic rings. The van der Waals surface area contributed by atoms with Crippen LogP contribution in [0.3, 0.4) is 0 Å². The number of rotatable bonds is 4. The van der Waals surface area contributed by atoms with Crippen LogP contribution in [0.4, 0.5) is 4.79 Å². The smallest absolute Gasteiger partial charge is 0.407 e. The van der Waals surface area contributed by atoms with Gasteiger partial charge in [0, 0.05) is 25.7 Å². The maximum Gasteiger partial charge on any atom is 0.407 e. The van der Waals surface area contributed by atoms with Gasteiger partial charge in [-0.1, -0.05) is 30.3 Å². The van der Waals surface area contributed by atoms with Gasteiger partial charge in [-0.3, -0.25) is 0 Å². The van der Waals surface area contributed by atoms with Gasteiger partial charge in [-0.05, 0) is 44.6 Å². The Morgan fingerprint density at radius 1 is 1.23 bits per heavy atom. The fourth-order valence-electron chi connectivity index (χ4n) is 3.39. The molecule has 2 unspecified atom stereocenters. The normalized spacial score (nSPS) is 27.3. The third kappa shape index (κ3) is 3.80. The van der Waals surface area contributed by atoms with Crippen molar-refractivity contribution in [2.24, 2.45) is 11.8 Å². The minimum Gasteiger partial charge on any atom is -0.444 e. The molecule has 1 saturated carbocycles. The molecule has 0 radical (unpaired) electrons. The average Bonchev–Trinajstić information content (AvgIpc) is 2.89. The Morgan fingerprint density at radius 3 is 2.45 bits per heavy atom. The molecule has 3 rings (SSSR count). The monoisotopic (exact) mass is 302 g/mol. The molecule has 0 spiro atoms. The Bertz CT molecular complexity index is 512. The first-order valence-corrected chi connectivity index (χ1v) is 8.18. The summed E-state index contributed by atoms with van der Waals surface area (Å²) in [5.74, 6) is 1.23. The van der Waals surface area contributed by atoms with Crippen LogP contribution >= 0.6 is 0 Å². The fraction of sp³-hybridized carbons (Fsp3) is 0.611. The molecule has 0 bridgehead atoms. The van der Waals surface area contributed by atoms with E-state index in [1.807, 2.05) is 20.8 Å². The van der Waals surface area contributed by atoms with Crippen molar-refractivity contribution < 1.29 is 9.53 Å². The van der Waals surface area contributed by atoms with Crippen LogP contribution in [-0.4, -0.2) is 42.3 Å². The quantitative estimate of drug-likeness (QED) is 0.930. The summed E-state index contributed by atoms with van der Waals surface area (Å²) < 4.78 is 5.32. The van der Waals surface area contributed by atoms with E-state index in [-0.39, 0.29) is 6.09 Å². The zero-order chi connectivity index (χ0) is 15.7. The van der Waals surface area contributed by atoms with Gasteiger partial charge >= 0.3 is 6.09 Å². The molecule has 1 aliphatic heterocycles. The van der Waals surface area contributed by atoms with Gasteiger partial charge in [-0.2, -0.15) is 0 Å². The third-order valence-electron chi connectivity index (χ3n) is 4.51. The molecule has 1 heterocycles. The maximum absolute atomic E-state index is 11.8. The lowest BCUT2D eigenvalue weighted by molar-refractivity contribution is 0.0514. The van der Waals surface area contributed by atoms with Crippen LogP contribution in [-0.2, 0) is 11.2 Å². The van der Waals surface area contributed by atoms with E-state index in [4.69, 9.17) is 4.74 Å². The van der Waals surface area contributed by atoms with Crippen molar-refractivity contribution in [3.8, 4) is 0 Å². The number of ether oxygens (including phenoxy) is 1. The largest absolute Gasteiger partial charge is 0.444 e. The predicted molar refractivity (Wildman–Crippen MR) is 86.7 cm³/mol. The minimum absolute atomic E-state index is 0.275. The van der Waals surface area contributed by atoms with Crippen LogP contribution in [0.5, 0.6) is 0 Å². The second-order valence-corrected chi connectivity index (χ2v) is 7.49. The van der Waals surface area contributed by atoms with E-state index in [0.717, 1.165) is 26.1 Å². The summed E-state index contributed by atoms with van der Waals surface area (Å²) in [5.41, 5.74) is 0.974. The van der Waals surface area contributed by atoms with Gasteiger partial charge < -0.3 is 15.0 Å². The van der Waals surface area contributed by atoms with Crippen LogP contribution in [0.15, 0.2) is 30.3 Å². The van der Waals surface area contributed by atoms with Crippen molar-refractivity contribution in [2.45, 2.75) is 38.8 Å². The number of nitrogens with one attached hydrogen (secondary N) is 1. The number of hydrogen-bond acceptors (Lipinski definition) is 3. The van der Waals surface area contributed by atoms with Crippen LogP contribution in [0, 0.1) is 11.8 Å². The van der Waals surface area contributed by atoms with Gasteiger partial charge in [0.2, 0.25) is 0 Å². The standard InChI is InChI=1S/C18H26N2O2/c1-18(2,3)22-17(21)19-16-14-11-20(12-15(14)16)10-9-13-7-5-4-6-8-13/h4-8,14-16H,9-12H2,1-3H3,(H,19,21). The van der Waals surface area contributed by atoms with Gasteiger partial charge in [0.15, 0.2) is 0 Å². The van der Waals surface area contributed by atoms with Crippen molar-refractivity contribution in [1.82, 2.24) is 10.2 Å². The number of hydrogen-bond donors (Lipinski definition) is 1. The number of alkyl carbamates (subject to hydrolysis) is 1. The Balaban J connectivity index is 1.38. The lowest BCUT2D eigenvalue weighted by Crippen LogP contribution is -2.38. The Kier molecular flexibility index (Phi) is 4.13. The van der Waals surface area contributed by atoms with E-state index in [9.17, 15) is 4.79 Å². The summed E-state index contributed by atoms with van der Waals surface area (Å²) in [4.78, 5) is 14.3. The molecule has 0 aromatic heterocycles. The van der Waals surface area contributed by atoms with Gasteiger partial charge in [-0.15, -0.1) is 0 Å². The van der Waals surface area contributed by atoms with Crippen molar-refractivity contribution in [1.29, 1.82) is 0 Å². The first-order valence-electron chi connectivity index (χ1n) is 8.18. The van der Waals surface area contributed by atoms with E-state index in [1.165, 1.54) is 5.56 Å². The van der Waals surface area contributed by atoms with Crippen LogP contribution in [0.25, 0.3) is 0 Å². The van der Waals surface area contributed by atoms with E-state index in [2.05, 4.69) is 40.5 Å². The zero-order valence-electron chi connectivity index (χ0n) is 13.7. The molecular weight excluding hydrogens is 276 g/mol. The maximum atomic E-state index is 11.8. The second-order valence-electron chi connectivity index (χ2n) is 7.49. The lowest BCUT2D eigenvalue weighted by Gasteiger charge is -2.22. The van der Waals surface area contributed by atoms with E-state index >= 15 is 0 Å². The SMILES string of the molecule is CC(C)(C)OC(=O)NC1C2CN(CCc3ccccc3)CC21. The van der Waals surface area contributed by atoms with Crippen molar-refractivity contribution in [3.63, 3.8) is 0 Å². The number of fused-ring (bicyclic) bond motifs is 1. The van der Waals surface area contributed by atoms with Crippen LogP contribution < -0.4 is 5.32 Å². The minimum atomic E-state index is -0.421. The summed E-state index contributed by atoms with van der Waals surface area (Å²) in [6.45, 7) is 8.98. The molecule has 1 amide bonds. The predicted octanol–water partition coefficient (Wildman–Crippen LogP) is 2.68. The fourth-order valence-corrected chi connectivity index (χ4v) is 3.39. The lowest BCUT2D eigenvalue weighted by atomic mass is 10.1. The van der Waals surface area contributed by atoms with Gasteiger partial charge in [0.25, 0.3) is 0 Å². The molecular formula is C18H26N2O2. The molecule has 1 saturated heterocycles. The molecule has 1 aromatic carbocycles. The highest BCUT2D eigenvalue weighted by Crippen LogP contribution is 2.45. The Hall–Kier alpha value is -1.55. The molecule has 1 N–H and O–H groups in total. The molecule has 4 nitrogen and oxygen atoms in total. The van der Waals surface area contributed by atoms with Gasteiger partial charge in [0.1, 0.15) is 5.60 Å². The van der Waals surface area contributed by atoms with Crippen molar-refractivity contribution >= 4 is 6.09 Å². The summed E-state index contributed by atoms with van der Waals surface area (Å²) in [5, 5.41) is 3.02. The summed E-state index contributed by atoms with van der Waals surface area (Å²) in [6, 6.07) is 10.9. The zero-order valence-corrected chi connectivity index (χ0v) is 13.7. The van der Waals surface area contributed by atoms with Gasteiger partial charge in [0.05, 0.1) is 0 Å². The number of likely N-dealkylation sites (tertiary alicyclic amines) is 1. The molecule has 1 aliphatic carbocycles.